The van der Waals surface area contributed by atoms with Crippen LogP contribution in [0.2, 0.25) is 0 Å². The predicted octanol–water partition coefficient (Wildman–Crippen LogP) is 4.14. The SMILES string of the molecule is CN=C(NCc1ccccc1Oc1ccccc1)N1CCC(COC)C1.I. The molecule has 27 heavy (non-hydrogen) atoms. The van der Waals surface area contributed by atoms with Gasteiger partial charge in [0.15, 0.2) is 5.96 Å². The van der Waals surface area contributed by atoms with Crippen LogP contribution in [0, 0.1) is 5.92 Å². The molecule has 1 aliphatic heterocycles. The van der Waals surface area contributed by atoms with Crippen molar-refractivity contribution in [1.82, 2.24) is 10.2 Å². The number of nitrogens with one attached hydrogen (secondary N) is 1. The molecule has 0 aromatic heterocycles. The first-order chi connectivity index (χ1) is 12.8. The van der Waals surface area contributed by atoms with E-state index in [2.05, 4.69) is 21.3 Å². The second-order valence-corrected chi connectivity index (χ2v) is 6.48. The van der Waals surface area contributed by atoms with Crippen LogP contribution in [0.1, 0.15) is 12.0 Å². The summed E-state index contributed by atoms with van der Waals surface area (Å²) in [5.74, 6) is 3.21. The van der Waals surface area contributed by atoms with Crippen molar-refractivity contribution in [3.63, 3.8) is 0 Å². The molecule has 0 spiro atoms. The topological polar surface area (TPSA) is 46.1 Å². The number of ether oxygens (including phenoxy) is 2. The first kappa shape index (κ1) is 21.5. The molecule has 5 nitrogen and oxygen atoms in total. The summed E-state index contributed by atoms with van der Waals surface area (Å²) in [6, 6.07) is 18.0. The molecule has 0 aliphatic carbocycles. The molecule has 0 bridgehead atoms. The van der Waals surface area contributed by atoms with Crippen LogP contribution < -0.4 is 10.1 Å². The van der Waals surface area contributed by atoms with Crippen LogP contribution in [0.3, 0.4) is 0 Å². The highest BCUT2D eigenvalue weighted by Gasteiger charge is 2.24. The number of benzene rings is 2. The summed E-state index contributed by atoms with van der Waals surface area (Å²) in [6.45, 7) is 3.47. The maximum absolute atomic E-state index is 6.04. The van der Waals surface area contributed by atoms with Crippen LogP contribution >= 0.6 is 24.0 Å². The number of hydrogen-bond acceptors (Lipinski definition) is 3. The molecule has 1 saturated heterocycles. The summed E-state index contributed by atoms with van der Waals surface area (Å²) in [7, 11) is 3.59. The van der Waals surface area contributed by atoms with Crippen LogP contribution in [0.4, 0.5) is 0 Å². The summed E-state index contributed by atoms with van der Waals surface area (Å²) in [5, 5.41) is 3.47. The van der Waals surface area contributed by atoms with Crippen LogP contribution in [-0.2, 0) is 11.3 Å². The molecule has 2 aromatic carbocycles. The molecule has 0 amide bonds. The molecule has 146 valence electrons. The van der Waals surface area contributed by atoms with Crippen LogP contribution in [-0.4, -0.2) is 44.7 Å². The second-order valence-electron chi connectivity index (χ2n) is 6.48. The van der Waals surface area contributed by atoms with Gasteiger partial charge >= 0.3 is 0 Å². The van der Waals surface area contributed by atoms with Crippen molar-refractivity contribution >= 4 is 29.9 Å². The fourth-order valence-electron chi connectivity index (χ4n) is 3.27. The number of guanidine groups is 1. The lowest BCUT2D eigenvalue weighted by molar-refractivity contribution is 0.157. The summed E-state index contributed by atoms with van der Waals surface area (Å²) in [6.07, 6.45) is 1.14. The minimum Gasteiger partial charge on any atom is -0.457 e. The van der Waals surface area contributed by atoms with Crippen molar-refractivity contribution in [2.75, 3.05) is 33.9 Å². The van der Waals surface area contributed by atoms with E-state index in [1.165, 1.54) is 0 Å². The number of methoxy groups -OCH3 is 1. The molecule has 0 radical (unpaired) electrons. The highest BCUT2D eigenvalue weighted by atomic mass is 127. The van der Waals surface area contributed by atoms with Crippen molar-refractivity contribution in [2.24, 2.45) is 10.9 Å². The molecule has 3 rings (SSSR count). The van der Waals surface area contributed by atoms with E-state index < -0.39 is 0 Å². The zero-order valence-corrected chi connectivity index (χ0v) is 18.3. The van der Waals surface area contributed by atoms with E-state index >= 15 is 0 Å². The van der Waals surface area contributed by atoms with Crippen LogP contribution in [0.15, 0.2) is 59.6 Å². The van der Waals surface area contributed by atoms with E-state index in [0.29, 0.717) is 12.5 Å². The van der Waals surface area contributed by atoms with Crippen molar-refractivity contribution in [3.05, 3.63) is 60.2 Å². The summed E-state index contributed by atoms with van der Waals surface area (Å²) in [4.78, 5) is 6.74. The van der Waals surface area contributed by atoms with Crippen molar-refractivity contribution in [2.45, 2.75) is 13.0 Å². The minimum atomic E-state index is 0. The number of aliphatic imine (C=N–C) groups is 1. The van der Waals surface area contributed by atoms with E-state index in [4.69, 9.17) is 9.47 Å². The van der Waals surface area contributed by atoms with Crippen molar-refractivity contribution < 1.29 is 9.47 Å². The fraction of sp³-hybridized carbons (Fsp3) is 0.381. The Morgan fingerprint density at radius 1 is 1.15 bits per heavy atom. The molecule has 0 saturated carbocycles. The Kier molecular flexibility index (Phi) is 8.87. The molecule has 1 aliphatic rings. The van der Waals surface area contributed by atoms with Gasteiger partial charge in [0.1, 0.15) is 11.5 Å². The van der Waals surface area contributed by atoms with E-state index in [0.717, 1.165) is 49.1 Å². The molecule has 6 heteroatoms. The molecule has 1 atom stereocenters. The summed E-state index contributed by atoms with van der Waals surface area (Å²) >= 11 is 0. The Balaban J connectivity index is 0.00000261. The Morgan fingerprint density at radius 3 is 2.63 bits per heavy atom. The van der Waals surface area contributed by atoms with E-state index in [1.54, 1.807) is 7.11 Å². The Hall–Kier alpha value is -1.80. The monoisotopic (exact) mass is 481 g/mol. The number of nitrogens with zero attached hydrogens (tertiary/aromatic N) is 2. The second kappa shape index (κ2) is 11.1. The van der Waals surface area contributed by atoms with Crippen LogP contribution in [0.5, 0.6) is 11.5 Å². The third-order valence-corrected chi connectivity index (χ3v) is 4.58. The van der Waals surface area contributed by atoms with Gasteiger partial charge in [-0.3, -0.25) is 4.99 Å². The highest BCUT2D eigenvalue weighted by Crippen LogP contribution is 2.25. The van der Waals surface area contributed by atoms with Gasteiger partial charge in [-0.15, -0.1) is 24.0 Å². The number of hydrogen-bond donors (Lipinski definition) is 1. The third kappa shape index (κ3) is 6.10. The van der Waals surface area contributed by atoms with Gasteiger partial charge in [-0.05, 0) is 24.6 Å². The quantitative estimate of drug-likeness (QED) is 0.383. The third-order valence-electron chi connectivity index (χ3n) is 4.58. The van der Waals surface area contributed by atoms with Gasteiger partial charge in [-0.2, -0.15) is 0 Å². The Bertz CT molecular complexity index is 724. The van der Waals surface area contributed by atoms with Gasteiger partial charge in [0, 0.05) is 45.3 Å². The zero-order valence-electron chi connectivity index (χ0n) is 15.9. The van der Waals surface area contributed by atoms with Gasteiger partial charge < -0.3 is 19.7 Å². The molecule has 1 unspecified atom stereocenters. The molecule has 1 N–H and O–H groups in total. The average molecular weight is 481 g/mol. The van der Waals surface area contributed by atoms with Crippen LogP contribution in [0.25, 0.3) is 0 Å². The molecule has 1 fully saturated rings. The maximum atomic E-state index is 6.04. The van der Waals surface area contributed by atoms with Gasteiger partial charge in [0.2, 0.25) is 0 Å². The Labute approximate surface area is 178 Å². The number of likely N-dealkylation sites (tertiary alicyclic amines) is 1. The van der Waals surface area contributed by atoms with Gasteiger partial charge in [0.05, 0.1) is 6.61 Å². The number of rotatable bonds is 6. The lowest BCUT2D eigenvalue weighted by atomic mass is 10.1. The minimum absolute atomic E-state index is 0. The number of para-hydroxylation sites is 2. The zero-order chi connectivity index (χ0) is 18.2. The van der Waals surface area contributed by atoms with E-state index in [9.17, 15) is 0 Å². The van der Waals surface area contributed by atoms with E-state index in [-0.39, 0.29) is 24.0 Å². The molecule has 2 aromatic rings. The van der Waals surface area contributed by atoms with E-state index in [1.807, 2.05) is 55.6 Å². The fourth-order valence-corrected chi connectivity index (χ4v) is 3.27. The molecular formula is C21H28IN3O2. The highest BCUT2D eigenvalue weighted by molar-refractivity contribution is 14.0. The predicted molar refractivity (Wildman–Crippen MR) is 120 cm³/mol. The average Bonchev–Trinajstić information content (AvgIpc) is 3.13. The first-order valence-corrected chi connectivity index (χ1v) is 9.05. The largest absolute Gasteiger partial charge is 0.457 e. The lowest BCUT2D eigenvalue weighted by Crippen LogP contribution is -2.39. The number of halogens is 1. The summed E-state index contributed by atoms with van der Waals surface area (Å²) < 4.78 is 11.3. The van der Waals surface area contributed by atoms with Crippen molar-refractivity contribution in [1.29, 1.82) is 0 Å². The first-order valence-electron chi connectivity index (χ1n) is 9.05. The maximum Gasteiger partial charge on any atom is 0.193 e. The standard InChI is InChI=1S/C21H27N3O2.HI/c1-22-21(24-13-12-17(15-24)16-25-2)23-14-18-8-6-7-11-20(18)26-19-9-4-3-5-10-19;/h3-11,17H,12-16H2,1-2H3,(H,22,23);1H. The summed E-state index contributed by atoms with van der Waals surface area (Å²) in [5.41, 5.74) is 1.10. The van der Waals surface area contributed by atoms with Gasteiger partial charge in [-0.25, -0.2) is 0 Å². The normalized spacial score (nSPS) is 16.7. The van der Waals surface area contributed by atoms with Gasteiger partial charge in [0.25, 0.3) is 0 Å². The molecular weight excluding hydrogens is 453 g/mol. The van der Waals surface area contributed by atoms with Gasteiger partial charge in [-0.1, -0.05) is 36.4 Å². The Morgan fingerprint density at radius 2 is 1.89 bits per heavy atom. The van der Waals surface area contributed by atoms with Crippen molar-refractivity contribution in [3.8, 4) is 11.5 Å². The smallest absolute Gasteiger partial charge is 0.193 e. The lowest BCUT2D eigenvalue weighted by Gasteiger charge is -2.22. The molecule has 1 heterocycles.